The highest BCUT2D eigenvalue weighted by molar-refractivity contribution is 7.92. The number of pyridine rings is 1. The molecule has 0 unspecified atom stereocenters. The van der Waals surface area contributed by atoms with Crippen molar-refractivity contribution in [3.63, 3.8) is 0 Å². The van der Waals surface area contributed by atoms with Gasteiger partial charge in [-0.25, -0.2) is 22.2 Å². The first-order valence-corrected chi connectivity index (χ1v) is 11.0. The van der Waals surface area contributed by atoms with Crippen molar-refractivity contribution >= 4 is 33.1 Å². The van der Waals surface area contributed by atoms with Crippen LogP contribution in [0.5, 0.6) is 0 Å². The maximum atomic E-state index is 14.2. The van der Waals surface area contributed by atoms with Crippen molar-refractivity contribution in [1.82, 2.24) is 4.98 Å². The molecule has 0 atom stereocenters. The molecule has 0 saturated carbocycles. The monoisotopic (exact) mass is 424 g/mol. The standard InChI is InChI=1S/C19H22F2N4O3S/c1-2-10-29(27,28)24-17-12-16(14(20)11-15(17)21)23-19(26)13-6-5-7-22-18(13)25-8-3-4-9-25/h5-7,11-12,24H,2-4,8-10H2,1H3,(H,23,26). The van der Waals surface area contributed by atoms with E-state index in [-0.39, 0.29) is 17.0 Å². The summed E-state index contributed by atoms with van der Waals surface area (Å²) in [7, 11) is -3.78. The van der Waals surface area contributed by atoms with Crippen LogP contribution in [0.15, 0.2) is 30.5 Å². The number of sulfonamides is 1. The van der Waals surface area contributed by atoms with Crippen LogP contribution in [0.4, 0.5) is 26.0 Å². The van der Waals surface area contributed by atoms with Crippen molar-refractivity contribution in [3.8, 4) is 0 Å². The number of halogens is 2. The van der Waals surface area contributed by atoms with Crippen LogP contribution in [0.3, 0.4) is 0 Å². The molecule has 1 aromatic heterocycles. The number of rotatable bonds is 7. The molecular weight excluding hydrogens is 402 g/mol. The zero-order valence-corrected chi connectivity index (χ0v) is 16.7. The van der Waals surface area contributed by atoms with Gasteiger partial charge in [0.1, 0.15) is 17.5 Å². The lowest BCUT2D eigenvalue weighted by atomic mass is 10.2. The van der Waals surface area contributed by atoms with Gasteiger partial charge in [0, 0.05) is 25.4 Å². The molecule has 156 valence electrons. The Bertz CT molecular complexity index is 1010. The normalized spacial score (nSPS) is 14.1. The molecule has 1 fully saturated rings. The first kappa shape index (κ1) is 21.0. The molecule has 1 saturated heterocycles. The molecule has 29 heavy (non-hydrogen) atoms. The Morgan fingerprint density at radius 3 is 2.55 bits per heavy atom. The van der Waals surface area contributed by atoms with Gasteiger partial charge >= 0.3 is 0 Å². The highest BCUT2D eigenvalue weighted by Crippen LogP contribution is 2.27. The van der Waals surface area contributed by atoms with Gasteiger partial charge in [0.2, 0.25) is 10.0 Å². The third kappa shape index (κ3) is 5.00. The molecule has 0 bridgehead atoms. The number of anilines is 3. The maximum absolute atomic E-state index is 14.2. The summed E-state index contributed by atoms with van der Waals surface area (Å²) >= 11 is 0. The van der Waals surface area contributed by atoms with Crippen LogP contribution in [-0.2, 0) is 10.0 Å². The Morgan fingerprint density at radius 2 is 1.86 bits per heavy atom. The predicted octanol–water partition coefficient (Wildman–Crippen LogP) is 3.36. The number of carbonyl (C=O) groups is 1. The molecule has 2 heterocycles. The number of amides is 1. The average molecular weight is 424 g/mol. The SMILES string of the molecule is CCCS(=O)(=O)Nc1cc(NC(=O)c2cccnc2N2CCCC2)c(F)cc1F. The van der Waals surface area contributed by atoms with E-state index in [4.69, 9.17) is 0 Å². The van der Waals surface area contributed by atoms with E-state index in [1.165, 1.54) is 0 Å². The van der Waals surface area contributed by atoms with Crippen molar-refractivity contribution in [2.75, 3.05) is 33.8 Å². The topological polar surface area (TPSA) is 91.4 Å². The lowest BCUT2D eigenvalue weighted by Gasteiger charge is -2.19. The van der Waals surface area contributed by atoms with Gasteiger partial charge in [0.25, 0.3) is 5.91 Å². The molecule has 7 nitrogen and oxygen atoms in total. The fourth-order valence-corrected chi connectivity index (χ4v) is 4.29. The molecule has 3 rings (SSSR count). The number of benzene rings is 1. The van der Waals surface area contributed by atoms with E-state index in [1.54, 1.807) is 25.3 Å². The first-order valence-electron chi connectivity index (χ1n) is 9.31. The van der Waals surface area contributed by atoms with Gasteiger partial charge in [-0.3, -0.25) is 9.52 Å². The number of hydrogen-bond donors (Lipinski definition) is 2. The predicted molar refractivity (Wildman–Crippen MR) is 108 cm³/mol. The summed E-state index contributed by atoms with van der Waals surface area (Å²) < 4.78 is 54.2. The summed E-state index contributed by atoms with van der Waals surface area (Å²) in [6.07, 6.45) is 3.89. The molecule has 1 aliphatic rings. The summed E-state index contributed by atoms with van der Waals surface area (Å²) in [5.74, 6) is -2.41. The van der Waals surface area contributed by atoms with Crippen molar-refractivity contribution in [3.05, 3.63) is 47.7 Å². The zero-order valence-electron chi connectivity index (χ0n) is 15.9. The van der Waals surface area contributed by atoms with Crippen molar-refractivity contribution in [2.45, 2.75) is 26.2 Å². The van der Waals surface area contributed by atoms with E-state index in [0.29, 0.717) is 18.3 Å². The number of nitrogens with one attached hydrogen (secondary N) is 2. The van der Waals surface area contributed by atoms with Gasteiger partial charge in [-0.05, 0) is 37.5 Å². The van der Waals surface area contributed by atoms with Gasteiger partial charge in [-0.2, -0.15) is 0 Å². The van der Waals surface area contributed by atoms with Crippen molar-refractivity contribution < 1.29 is 22.0 Å². The van der Waals surface area contributed by atoms with Crippen molar-refractivity contribution in [2.24, 2.45) is 0 Å². The first-order chi connectivity index (χ1) is 13.8. The number of nitrogens with zero attached hydrogens (tertiary/aromatic N) is 2. The third-order valence-corrected chi connectivity index (χ3v) is 5.96. The zero-order chi connectivity index (χ0) is 21.0. The van der Waals surface area contributed by atoms with Crippen molar-refractivity contribution in [1.29, 1.82) is 0 Å². The Hall–Kier alpha value is -2.75. The van der Waals surface area contributed by atoms with E-state index in [1.807, 2.05) is 4.90 Å². The third-order valence-electron chi connectivity index (χ3n) is 4.48. The minimum atomic E-state index is -3.78. The van der Waals surface area contributed by atoms with E-state index >= 15 is 0 Å². The lowest BCUT2D eigenvalue weighted by molar-refractivity contribution is 0.102. The summed E-state index contributed by atoms with van der Waals surface area (Å²) in [4.78, 5) is 19.0. The summed E-state index contributed by atoms with van der Waals surface area (Å²) in [6.45, 7) is 3.20. The lowest BCUT2D eigenvalue weighted by Crippen LogP contribution is -2.24. The fraction of sp³-hybridized carbons (Fsp3) is 0.368. The minimum absolute atomic E-state index is 0.208. The van der Waals surface area contributed by atoms with Crippen LogP contribution >= 0.6 is 0 Å². The van der Waals surface area contributed by atoms with E-state index in [2.05, 4.69) is 15.0 Å². The van der Waals surface area contributed by atoms with Gasteiger partial charge in [0.05, 0.1) is 22.7 Å². The molecule has 10 heteroatoms. The molecule has 0 radical (unpaired) electrons. The largest absolute Gasteiger partial charge is 0.356 e. The van der Waals surface area contributed by atoms with E-state index in [0.717, 1.165) is 32.0 Å². The number of hydrogen-bond acceptors (Lipinski definition) is 5. The quantitative estimate of drug-likeness (QED) is 0.711. The summed E-state index contributed by atoms with van der Waals surface area (Å²) in [5.41, 5.74) is -0.505. The Kier molecular flexibility index (Phi) is 6.31. The molecule has 0 aliphatic carbocycles. The van der Waals surface area contributed by atoms with Crippen LogP contribution in [-0.4, -0.2) is 38.2 Å². The maximum Gasteiger partial charge on any atom is 0.259 e. The number of aromatic nitrogens is 1. The van der Waals surface area contributed by atoms with Gasteiger partial charge in [0.15, 0.2) is 0 Å². The highest BCUT2D eigenvalue weighted by Gasteiger charge is 2.22. The average Bonchev–Trinajstić information content (AvgIpc) is 3.20. The van der Waals surface area contributed by atoms with E-state index < -0.39 is 33.3 Å². The molecule has 2 aromatic rings. The van der Waals surface area contributed by atoms with Gasteiger partial charge in [-0.15, -0.1) is 0 Å². The molecule has 1 aromatic carbocycles. The molecule has 0 spiro atoms. The molecule has 2 N–H and O–H groups in total. The second kappa shape index (κ2) is 8.73. The van der Waals surface area contributed by atoms with Crippen LogP contribution < -0.4 is 14.9 Å². The Labute approximate surface area is 168 Å². The minimum Gasteiger partial charge on any atom is -0.356 e. The summed E-state index contributed by atoms with van der Waals surface area (Å²) in [5, 5.41) is 2.39. The second-order valence-electron chi connectivity index (χ2n) is 6.76. The summed E-state index contributed by atoms with van der Waals surface area (Å²) in [6, 6.07) is 4.63. The van der Waals surface area contributed by atoms with Crippen LogP contribution in [0, 0.1) is 11.6 Å². The molecule has 1 aliphatic heterocycles. The highest BCUT2D eigenvalue weighted by atomic mass is 32.2. The van der Waals surface area contributed by atoms with Gasteiger partial charge < -0.3 is 10.2 Å². The second-order valence-corrected chi connectivity index (χ2v) is 8.60. The van der Waals surface area contributed by atoms with Crippen LogP contribution in [0.1, 0.15) is 36.5 Å². The molecule has 1 amide bonds. The fourth-order valence-electron chi connectivity index (χ4n) is 3.16. The smallest absolute Gasteiger partial charge is 0.259 e. The van der Waals surface area contributed by atoms with Gasteiger partial charge in [-0.1, -0.05) is 6.92 Å². The van der Waals surface area contributed by atoms with E-state index in [9.17, 15) is 22.0 Å². The Balaban J connectivity index is 1.87. The van der Waals surface area contributed by atoms with Crippen LogP contribution in [0.25, 0.3) is 0 Å². The Morgan fingerprint density at radius 1 is 1.17 bits per heavy atom. The molecular formula is C19H22F2N4O3S. The number of carbonyl (C=O) groups excluding carboxylic acids is 1. The van der Waals surface area contributed by atoms with Crippen LogP contribution in [0.2, 0.25) is 0 Å².